The molecule has 3 amide bonds. The molecular formula is C40H43F3N4O6. The molecule has 1 aliphatic rings. The summed E-state index contributed by atoms with van der Waals surface area (Å²) in [7, 11) is 0. The summed E-state index contributed by atoms with van der Waals surface area (Å²) in [5, 5.41) is 15.3. The Morgan fingerprint density at radius 2 is 1.43 bits per heavy atom. The van der Waals surface area contributed by atoms with E-state index < -0.39 is 29.6 Å². The number of pyridine rings is 1. The molecule has 0 aliphatic heterocycles. The Labute approximate surface area is 306 Å². The van der Waals surface area contributed by atoms with Crippen LogP contribution in [-0.2, 0) is 17.5 Å². The third-order valence-electron chi connectivity index (χ3n) is 8.85. The first-order valence-electron chi connectivity index (χ1n) is 17.4. The summed E-state index contributed by atoms with van der Waals surface area (Å²) in [6.07, 6.45) is -3.46. The van der Waals surface area contributed by atoms with E-state index >= 15 is 0 Å². The smallest absolute Gasteiger partial charge is 0.433 e. The van der Waals surface area contributed by atoms with Crippen molar-refractivity contribution < 1.29 is 42.1 Å². The maximum Gasteiger partial charge on any atom is 0.433 e. The average molecular weight is 733 g/mol. The second-order valence-corrected chi connectivity index (χ2v) is 13.8. The predicted octanol–water partition coefficient (Wildman–Crippen LogP) is 9.00. The molecule has 1 heterocycles. The molecule has 1 aromatic heterocycles. The van der Waals surface area contributed by atoms with Crippen LogP contribution in [0.5, 0.6) is 11.6 Å². The van der Waals surface area contributed by atoms with E-state index in [4.69, 9.17) is 9.47 Å². The number of fused-ring (bicyclic) bond motifs is 3. The number of aromatic nitrogens is 1. The molecule has 13 heteroatoms. The van der Waals surface area contributed by atoms with Gasteiger partial charge in [0, 0.05) is 42.7 Å². The zero-order chi connectivity index (χ0) is 38.2. The maximum atomic E-state index is 13.7. The Balaban J connectivity index is 1.03. The molecule has 3 aromatic carbocycles. The van der Waals surface area contributed by atoms with Crippen molar-refractivity contribution in [1.82, 2.24) is 20.5 Å². The van der Waals surface area contributed by atoms with E-state index in [1.54, 1.807) is 26.8 Å². The van der Waals surface area contributed by atoms with Crippen molar-refractivity contribution in [2.75, 3.05) is 19.7 Å². The minimum atomic E-state index is -4.80. The van der Waals surface area contributed by atoms with Gasteiger partial charge in [0.25, 0.3) is 5.91 Å². The molecule has 0 spiro atoms. The fourth-order valence-corrected chi connectivity index (χ4v) is 6.19. The molecule has 5 rings (SSSR count). The lowest BCUT2D eigenvalue weighted by atomic mass is 9.98. The Kier molecular flexibility index (Phi) is 12.3. The fraction of sp³-hybridized carbons (Fsp3) is 0.350. The molecule has 0 atom stereocenters. The normalized spacial score (nSPS) is 12.4. The number of nitrogens with one attached hydrogen (secondary N) is 2. The molecule has 0 saturated heterocycles. The minimum absolute atomic E-state index is 0.00363. The van der Waals surface area contributed by atoms with Crippen LogP contribution < -0.4 is 15.4 Å². The average Bonchev–Trinajstić information content (AvgIpc) is 3.43. The Bertz CT molecular complexity index is 1880. The summed E-state index contributed by atoms with van der Waals surface area (Å²) in [5.41, 5.74) is 2.82. The highest BCUT2D eigenvalue weighted by molar-refractivity contribution is 5.94. The number of carboxylic acid groups (broad SMARTS) is 1. The van der Waals surface area contributed by atoms with Crippen LogP contribution in [0.2, 0.25) is 0 Å². The molecule has 10 nitrogen and oxygen atoms in total. The van der Waals surface area contributed by atoms with Crippen molar-refractivity contribution in [3.63, 3.8) is 0 Å². The van der Waals surface area contributed by atoms with E-state index in [-0.39, 0.29) is 47.7 Å². The highest BCUT2D eigenvalue weighted by Gasteiger charge is 2.35. The first-order chi connectivity index (χ1) is 25.2. The molecule has 3 N–H and O–H groups in total. The molecule has 0 bridgehead atoms. The van der Waals surface area contributed by atoms with Gasteiger partial charge in [0.05, 0.1) is 0 Å². The Morgan fingerprint density at radius 1 is 0.811 bits per heavy atom. The number of halogens is 3. The number of carbonyl (C=O) groups is 3. The van der Waals surface area contributed by atoms with E-state index in [0.717, 1.165) is 41.4 Å². The number of rotatable bonds is 14. The third-order valence-corrected chi connectivity index (χ3v) is 8.85. The molecule has 4 aromatic rings. The quantitative estimate of drug-likeness (QED) is 0.110. The number of hydrogen-bond acceptors (Lipinski definition) is 6. The van der Waals surface area contributed by atoms with Crippen molar-refractivity contribution in [1.29, 1.82) is 0 Å². The van der Waals surface area contributed by atoms with Crippen LogP contribution in [0.3, 0.4) is 0 Å². The zero-order valence-electron chi connectivity index (χ0n) is 29.8. The van der Waals surface area contributed by atoms with Gasteiger partial charge in [0.1, 0.15) is 18.1 Å². The fourth-order valence-electron chi connectivity index (χ4n) is 6.19. The van der Waals surface area contributed by atoms with Gasteiger partial charge in [-0.2, -0.15) is 13.2 Å². The van der Waals surface area contributed by atoms with E-state index in [2.05, 4.69) is 39.9 Å². The summed E-state index contributed by atoms with van der Waals surface area (Å²) in [5.74, 6) is -0.687. The largest absolute Gasteiger partial charge is 0.465 e. The summed E-state index contributed by atoms with van der Waals surface area (Å²) < 4.78 is 52.3. The Hall–Kier alpha value is -5.59. The monoisotopic (exact) mass is 732 g/mol. The van der Waals surface area contributed by atoms with E-state index in [0.29, 0.717) is 19.5 Å². The second kappa shape index (κ2) is 16.8. The van der Waals surface area contributed by atoms with Gasteiger partial charge < -0.3 is 25.2 Å². The number of carbonyl (C=O) groups excluding carboxylic acids is 2. The molecule has 0 saturated carbocycles. The van der Waals surface area contributed by atoms with Crippen molar-refractivity contribution in [2.24, 2.45) is 0 Å². The highest BCUT2D eigenvalue weighted by atomic mass is 19.4. The number of ether oxygens (including phenoxy) is 2. The van der Waals surface area contributed by atoms with Crippen molar-refractivity contribution in [2.45, 2.75) is 70.6 Å². The summed E-state index contributed by atoms with van der Waals surface area (Å²) in [4.78, 5) is 41.6. The van der Waals surface area contributed by atoms with Crippen LogP contribution in [0.4, 0.5) is 22.8 Å². The summed E-state index contributed by atoms with van der Waals surface area (Å²) in [6, 6.07) is 24.3. The van der Waals surface area contributed by atoms with Crippen LogP contribution in [0.15, 0.2) is 84.9 Å². The van der Waals surface area contributed by atoms with Gasteiger partial charge in [0.2, 0.25) is 5.88 Å². The van der Waals surface area contributed by atoms with Crippen LogP contribution >= 0.6 is 0 Å². The Morgan fingerprint density at radius 3 is 2.04 bits per heavy atom. The molecular weight excluding hydrogens is 689 g/mol. The maximum absolute atomic E-state index is 13.7. The van der Waals surface area contributed by atoms with E-state index in [1.165, 1.54) is 35.4 Å². The lowest BCUT2D eigenvalue weighted by Gasteiger charge is -2.33. The van der Waals surface area contributed by atoms with E-state index in [1.807, 2.05) is 24.3 Å². The number of benzene rings is 3. The van der Waals surface area contributed by atoms with Gasteiger partial charge in [-0.1, -0.05) is 67.4 Å². The number of amides is 3. The van der Waals surface area contributed by atoms with Crippen LogP contribution in [0.25, 0.3) is 11.1 Å². The number of alkyl halides is 3. The molecule has 53 heavy (non-hydrogen) atoms. The number of alkyl carbamates (subject to hydrolysis) is 1. The van der Waals surface area contributed by atoms with Crippen molar-refractivity contribution >= 4 is 18.1 Å². The molecule has 0 fully saturated rings. The van der Waals surface area contributed by atoms with Crippen LogP contribution in [0.1, 0.15) is 85.1 Å². The summed E-state index contributed by atoms with van der Waals surface area (Å²) >= 11 is 0. The van der Waals surface area contributed by atoms with E-state index in [9.17, 15) is 32.7 Å². The van der Waals surface area contributed by atoms with Crippen LogP contribution in [0, 0.1) is 0 Å². The van der Waals surface area contributed by atoms with Gasteiger partial charge in [0.15, 0.2) is 0 Å². The zero-order valence-corrected chi connectivity index (χ0v) is 29.8. The van der Waals surface area contributed by atoms with Gasteiger partial charge in [-0.3, -0.25) is 9.69 Å². The lowest BCUT2D eigenvalue weighted by molar-refractivity contribution is -0.141. The van der Waals surface area contributed by atoms with Gasteiger partial charge in [-0.15, -0.1) is 0 Å². The van der Waals surface area contributed by atoms with Gasteiger partial charge >= 0.3 is 18.4 Å². The van der Waals surface area contributed by atoms with Crippen molar-refractivity contribution in [3.8, 4) is 22.8 Å². The standard InChI is InChI=1S/C40H43F3N4O6/c1-39(2,3)47(38(50)51)24-26-21-34(40(41,42)43)46-35(22-26)53-28-14-12-13-27(23-28)36(48)44-19-10-4-5-11-20-45-37(49)52-25-33-31-17-8-6-15-29(31)30-16-7-9-18-32(30)33/h6-9,12-18,21-23,33H,4-5,10-11,19-20,24-25H2,1-3H3,(H,44,48)(H,45,49)(H,50,51). The minimum Gasteiger partial charge on any atom is -0.465 e. The topological polar surface area (TPSA) is 130 Å². The third kappa shape index (κ3) is 10.3. The molecule has 1 aliphatic carbocycles. The summed E-state index contributed by atoms with van der Waals surface area (Å²) in [6.45, 7) is 5.70. The SMILES string of the molecule is CC(C)(C)N(Cc1cc(Oc2cccc(C(=O)NCCCCCCNC(=O)OCC3c4ccccc4-c4ccccc43)c2)nc(C(F)(F)F)c1)C(=O)O. The second-order valence-electron chi connectivity index (χ2n) is 13.8. The molecule has 0 radical (unpaired) electrons. The number of nitrogens with zero attached hydrogens (tertiary/aromatic N) is 2. The van der Waals surface area contributed by atoms with Crippen molar-refractivity contribution in [3.05, 3.63) is 113 Å². The first kappa shape index (κ1) is 38.6. The number of hydrogen-bond donors (Lipinski definition) is 3. The molecule has 280 valence electrons. The van der Waals surface area contributed by atoms with Gasteiger partial charge in [-0.05, 0) is 85.7 Å². The van der Waals surface area contributed by atoms with Crippen LogP contribution in [-0.4, -0.2) is 58.3 Å². The highest BCUT2D eigenvalue weighted by Crippen LogP contribution is 2.44. The lowest BCUT2D eigenvalue weighted by Crippen LogP contribution is -2.44. The predicted molar refractivity (Wildman–Crippen MR) is 193 cm³/mol. The molecule has 0 unspecified atom stereocenters. The first-order valence-corrected chi connectivity index (χ1v) is 17.4. The number of unbranched alkanes of at least 4 members (excludes halogenated alkanes) is 3. The van der Waals surface area contributed by atoms with Gasteiger partial charge in [-0.25, -0.2) is 14.6 Å².